The number of ether oxygens (including phenoxy) is 4. The van der Waals surface area contributed by atoms with E-state index in [-0.39, 0.29) is 6.61 Å². The predicted octanol–water partition coefficient (Wildman–Crippen LogP) is 2.23. The number of aliphatic hydroxyl groups excluding tert-OH is 1. The van der Waals surface area contributed by atoms with Crippen LogP contribution in [0.25, 0.3) is 0 Å². The molecule has 1 saturated heterocycles. The van der Waals surface area contributed by atoms with E-state index >= 15 is 0 Å². The third kappa shape index (κ3) is 3.59. The Morgan fingerprint density at radius 3 is 2.45 bits per heavy atom. The summed E-state index contributed by atoms with van der Waals surface area (Å²) in [6.45, 7) is 7.87. The molecule has 1 aliphatic heterocycles. The van der Waals surface area contributed by atoms with Gasteiger partial charge in [0.15, 0.2) is 0 Å². The first-order valence-corrected chi connectivity index (χ1v) is 7.09. The molecule has 0 spiro atoms. The van der Waals surface area contributed by atoms with E-state index in [9.17, 15) is 5.11 Å². The van der Waals surface area contributed by atoms with Gasteiger partial charge in [0.05, 0.1) is 6.61 Å². The molecular weight excluding hydrogens is 260 g/mol. The third-order valence-corrected chi connectivity index (χ3v) is 3.98. The Labute approximate surface area is 121 Å². The molecule has 0 aliphatic carbocycles. The normalized spacial score (nSPS) is 37.0. The summed E-state index contributed by atoms with van der Waals surface area (Å²) < 4.78 is 22.4. The topological polar surface area (TPSA) is 57.2 Å². The predicted molar refractivity (Wildman–Crippen MR) is 76.3 cm³/mol. The quantitative estimate of drug-likeness (QED) is 0.760. The highest BCUT2D eigenvalue weighted by atomic mass is 16.8. The van der Waals surface area contributed by atoms with Gasteiger partial charge in [-0.2, -0.15) is 0 Å². The molecule has 5 heteroatoms. The molecule has 0 unspecified atom stereocenters. The van der Waals surface area contributed by atoms with E-state index in [4.69, 9.17) is 18.9 Å². The van der Waals surface area contributed by atoms with E-state index in [0.717, 1.165) is 18.4 Å². The van der Waals surface area contributed by atoms with Crippen molar-refractivity contribution in [2.75, 3.05) is 20.8 Å². The Morgan fingerprint density at radius 1 is 1.35 bits per heavy atom. The van der Waals surface area contributed by atoms with Crippen LogP contribution in [0.5, 0.6) is 0 Å². The number of methoxy groups -OCH3 is 2. The van der Waals surface area contributed by atoms with Crippen LogP contribution in [0.3, 0.4) is 0 Å². The van der Waals surface area contributed by atoms with Gasteiger partial charge < -0.3 is 24.1 Å². The Kier molecular flexibility index (Phi) is 6.16. The lowest BCUT2D eigenvalue weighted by Crippen LogP contribution is -2.63. The lowest BCUT2D eigenvalue weighted by atomic mass is 10.0. The Hall–Kier alpha value is -0.460. The van der Waals surface area contributed by atoms with Gasteiger partial charge in [-0.15, -0.1) is 0 Å². The van der Waals surface area contributed by atoms with Crippen molar-refractivity contribution in [3.05, 3.63) is 11.6 Å². The zero-order valence-electron chi connectivity index (χ0n) is 13.4. The van der Waals surface area contributed by atoms with Crippen molar-refractivity contribution in [1.82, 2.24) is 0 Å². The van der Waals surface area contributed by atoms with Crippen molar-refractivity contribution in [3.63, 3.8) is 0 Å². The molecule has 0 aromatic carbocycles. The van der Waals surface area contributed by atoms with Crippen LogP contribution in [0.2, 0.25) is 0 Å². The van der Waals surface area contributed by atoms with Crippen molar-refractivity contribution < 1.29 is 24.1 Å². The summed E-state index contributed by atoms with van der Waals surface area (Å²) >= 11 is 0. The average Bonchev–Trinajstić information content (AvgIpc) is 2.42. The lowest BCUT2D eigenvalue weighted by Gasteiger charge is -2.49. The Morgan fingerprint density at radius 2 is 1.95 bits per heavy atom. The summed E-state index contributed by atoms with van der Waals surface area (Å²) in [5.41, 5.74) is 1.14. The average molecular weight is 288 g/mol. The molecule has 0 amide bonds. The maximum Gasteiger partial charge on any atom is 0.220 e. The van der Waals surface area contributed by atoms with Gasteiger partial charge in [0.1, 0.15) is 12.2 Å². The largest absolute Gasteiger partial charge is 0.386 e. The fraction of sp³-hybridized carbons (Fsp3) is 0.867. The molecule has 20 heavy (non-hydrogen) atoms. The first-order chi connectivity index (χ1) is 9.31. The Balaban J connectivity index is 2.80. The van der Waals surface area contributed by atoms with Gasteiger partial charge >= 0.3 is 0 Å². The van der Waals surface area contributed by atoms with Crippen LogP contribution in [-0.2, 0) is 18.9 Å². The van der Waals surface area contributed by atoms with Crippen LogP contribution in [0, 0.1) is 0 Å². The summed E-state index contributed by atoms with van der Waals surface area (Å²) in [4.78, 5) is 0. The van der Waals surface area contributed by atoms with E-state index in [1.807, 2.05) is 13.0 Å². The zero-order chi connectivity index (χ0) is 15.4. The molecule has 4 atom stereocenters. The van der Waals surface area contributed by atoms with E-state index in [0.29, 0.717) is 0 Å². The van der Waals surface area contributed by atoms with Gasteiger partial charge in [0, 0.05) is 14.2 Å². The van der Waals surface area contributed by atoms with Gasteiger partial charge in [0.2, 0.25) is 11.6 Å². The van der Waals surface area contributed by atoms with E-state index < -0.39 is 23.8 Å². The molecule has 5 nitrogen and oxygen atoms in total. The van der Waals surface area contributed by atoms with Crippen LogP contribution in [0.15, 0.2) is 11.6 Å². The maximum atomic E-state index is 10.3. The van der Waals surface area contributed by atoms with Crippen molar-refractivity contribution >= 4 is 0 Å². The molecule has 0 saturated carbocycles. The van der Waals surface area contributed by atoms with Gasteiger partial charge in [-0.25, -0.2) is 0 Å². The molecule has 1 heterocycles. The highest BCUT2D eigenvalue weighted by molar-refractivity contribution is 5.05. The molecule has 0 aromatic rings. The fourth-order valence-corrected chi connectivity index (χ4v) is 2.32. The van der Waals surface area contributed by atoms with Gasteiger partial charge in [-0.1, -0.05) is 25.0 Å². The van der Waals surface area contributed by atoms with Crippen LogP contribution in [0.1, 0.15) is 40.5 Å². The minimum Gasteiger partial charge on any atom is -0.386 e. The summed E-state index contributed by atoms with van der Waals surface area (Å²) in [5, 5.41) is 10.3. The molecule has 1 N–H and O–H groups in total. The number of rotatable bonds is 6. The highest BCUT2D eigenvalue weighted by Gasteiger charge is 2.54. The molecule has 0 radical (unpaired) electrons. The van der Waals surface area contributed by atoms with Crippen molar-refractivity contribution in [3.8, 4) is 0 Å². The van der Waals surface area contributed by atoms with E-state index in [1.54, 1.807) is 21.0 Å². The van der Waals surface area contributed by atoms with Crippen LogP contribution in [-0.4, -0.2) is 49.7 Å². The molecule has 1 aliphatic rings. The smallest absolute Gasteiger partial charge is 0.220 e. The number of hydrogen-bond donors (Lipinski definition) is 1. The van der Waals surface area contributed by atoms with E-state index in [1.165, 1.54) is 7.11 Å². The first kappa shape index (κ1) is 17.6. The van der Waals surface area contributed by atoms with Gasteiger partial charge in [-0.05, 0) is 27.2 Å². The molecule has 0 aromatic heterocycles. The van der Waals surface area contributed by atoms with Gasteiger partial charge in [-0.3, -0.25) is 0 Å². The fourth-order valence-electron chi connectivity index (χ4n) is 2.32. The number of hydrogen-bond acceptors (Lipinski definition) is 5. The van der Waals surface area contributed by atoms with Crippen molar-refractivity contribution in [1.29, 1.82) is 0 Å². The van der Waals surface area contributed by atoms with Crippen LogP contribution >= 0.6 is 0 Å². The zero-order valence-corrected chi connectivity index (χ0v) is 13.4. The summed E-state index contributed by atoms with van der Waals surface area (Å²) in [6, 6.07) is 0. The van der Waals surface area contributed by atoms with Crippen LogP contribution < -0.4 is 0 Å². The van der Waals surface area contributed by atoms with Crippen molar-refractivity contribution in [2.45, 2.75) is 64.3 Å². The molecule has 1 rings (SSSR count). The Bertz CT molecular complexity index is 343. The minimum atomic E-state index is -1.07. The summed E-state index contributed by atoms with van der Waals surface area (Å²) in [5.74, 6) is -2.07. The second kappa shape index (κ2) is 7.00. The second-order valence-corrected chi connectivity index (χ2v) is 5.52. The standard InChI is InChI=1S/C15H28O5/c1-7-8-11(2)9-12(16)13-10-19-14(3,17-5)15(4,18-6)20-13/h9,12-13,16H,7-8,10H2,1-6H3/b11-9+/t12-,13-,14+,15+/m0/s1. The van der Waals surface area contributed by atoms with Gasteiger partial charge in [0.25, 0.3) is 0 Å². The molecular formula is C15H28O5. The number of aliphatic hydroxyl groups is 1. The van der Waals surface area contributed by atoms with Crippen LogP contribution in [0.4, 0.5) is 0 Å². The molecule has 0 bridgehead atoms. The minimum absolute atomic E-state index is 0.250. The highest BCUT2D eigenvalue weighted by Crippen LogP contribution is 2.37. The first-order valence-electron chi connectivity index (χ1n) is 7.09. The van der Waals surface area contributed by atoms with E-state index in [2.05, 4.69) is 6.92 Å². The molecule has 118 valence electrons. The monoisotopic (exact) mass is 288 g/mol. The summed E-state index contributed by atoms with van der Waals surface area (Å²) in [6.07, 6.45) is 2.63. The van der Waals surface area contributed by atoms with Crippen molar-refractivity contribution in [2.24, 2.45) is 0 Å². The SMILES string of the molecule is CCC/C(C)=C/[C@H](O)[C@@H]1CO[C@@](C)(OC)[C@](C)(OC)O1. The maximum absolute atomic E-state index is 10.3. The number of allylic oxidation sites excluding steroid dienone is 1. The molecule has 1 fully saturated rings. The lowest BCUT2D eigenvalue weighted by molar-refractivity contribution is -0.435. The third-order valence-electron chi connectivity index (χ3n) is 3.98. The summed E-state index contributed by atoms with van der Waals surface area (Å²) in [7, 11) is 3.08. The second-order valence-electron chi connectivity index (χ2n) is 5.52.